The lowest BCUT2D eigenvalue weighted by Gasteiger charge is -2.15. The second-order valence-electron chi connectivity index (χ2n) is 4.50. The number of carbonyl (C=O) groups is 2. The number of carbonyl (C=O) groups excluding carboxylic acids is 2. The van der Waals surface area contributed by atoms with Gasteiger partial charge in [-0.05, 0) is 17.7 Å². The first kappa shape index (κ1) is 13.2. The molecular weight excluding hydrogens is 276 g/mol. The Bertz CT molecular complexity index is 769. The zero-order valence-corrected chi connectivity index (χ0v) is 10.7. The lowest BCUT2D eigenvalue weighted by atomic mass is 10.1. The Morgan fingerprint density at radius 2 is 1.57 bits per heavy atom. The molecule has 5 heteroatoms. The van der Waals surface area contributed by atoms with E-state index in [-0.39, 0.29) is 11.3 Å². The van der Waals surface area contributed by atoms with Crippen LogP contribution in [0.1, 0.15) is 5.56 Å². The summed E-state index contributed by atoms with van der Waals surface area (Å²) in [6.45, 7) is 0. The van der Waals surface area contributed by atoms with Gasteiger partial charge in [-0.25, -0.2) is 13.7 Å². The quantitative estimate of drug-likeness (QED) is 0.796. The highest BCUT2D eigenvalue weighted by atomic mass is 19.2. The van der Waals surface area contributed by atoms with Crippen LogP contribution in [0.3, 0.4) is 0 Å². The third-order valence-corrected chi connectivity index (χ3v) is 3.17. The van der Waals surface area contributed by atoms with Crippen LogP contribution in [-0.4, -0.2) is 11.8 Å². The highest BCUT2D eigenvalue weighted by Crippen LogP contribution is 2.28. The Morgan fingerprint density at radius 3 is 2.24 bits per heavy atom. The second kappa shape index (κ2) is 4.94. The van der Waals surface area contributed by atoms with E-state index in [1.165, 1.54) is 12.1 Å². The first-order valence-electron chi connectivity index (χ1n) is 6.18. The molecule has 1 aliphatic rings. The molecule has 0 fully saturated rings. The average molecular weight is 285 g/mol. The molecule has 0 radical (unpaired) electrons. The maximum absolute atomic E-state index is 13.3. The molecule has 0 N–H and O–H groups in total. The van der Waals surface area contributed by atoms with Gasteiger partial charge in [-0.15, -0.1) is 0 Å². The number of imide groups is 1. The number of anilines is 1. The number of nitrogens with zero attached hydrogens (tertiary/aromatic N) is 1. The third-order valence-electron chi connectivity index (χ3n) is 3.17. The van der Waals surface area contributed by atoms with Gasteiger partial charge in [-0.1, -0.05) is 30.3 Å². The van der Waals surface area contributed by atoms with E-state index < -0.39 is 23.4 Å². The van der Waals surface area contributed by atoms with Gasteiger partial charge in [-0.2, -0.15) is 0 Å². The highest BCUT2D eigenvalue weighted by molar-refractivity contribution is 6.43. The Labute approximate surface area is 119 Å². The topological polar surface area (TPSA) is 37.4 Å². The van der Waals surface area contributed by atoms with Crippen LogP contribution in [0.4, 0.5) is 14.5 Å². The summed E-state index contributed by atoms with van der Waals surface area (Å²) in [7, 11) is 0. The molecule has 1 aliphatic heterocycles. The first-order chi connectivity index (χ1) is 10.1. The molecule has 0 unspecified atom stereocenters. The van der Waals surface area contributed by atoms with Crippen molar-refractivity contribution in [3.05, 3.63) is 71.8 Å². The van der Waals surface area contributed by atoms with E-state index in [1.54, 1.807) is 30.3 Å². The number of benzene rings is 2. The number of amides is 2. The van der Waals surface area contributed by atoms with E-state index in [4.69, 9.17) is 0 Å². The molecule has 2 aromatic rings. The van der Waals surface area contributed by atoms with Crippen LogP contribution >= 0.6 is 0 Å². The summed E-state index contributed by atoms with van der Waals surface area (Å²) >= 11 is 0. The van der Waals surface area contributed by atoms with E-state index in [0.717, 1.165) is 17.0 Å². The number of hydrogen-bond donors (Lipinski definition) is 0. The van der Waals surface area contributed by atoms with Crippen LogP contribution in [0.2, 0.25) is 0 Å². The van der Waals surface area contributed by atoms with E-state index in [9.17, 15) is 18.4 Å². The largest absolute Gasteiger partial charge is 0.269 e. The summed E-state index contributed by atoms with van der Waals surface area (Å²) < 4.78 is 26.2. The molecule has 21 heavy (non-hydrogen) atoms. The molecule has 3 nitrogen and oxygen atoms in total. The molecule has 3 rings (SSSR count). The lowest BCUT2D eigenvalue weighted by Crippen LogP contribution is -2.30. The van der Waals surface area contributed by atoms with Crippen LogP contribution in [-0.2, 0) is 9.59 Å². The molecule has 2 aromatic carbocycles. The van der Waals surface area contributed by atoms with Crippen molar-refractivity contribution in [3.8, 4) is 0 Å². The van der Waals surface area contributed by atoms with Crippen molar-refractivity contribution >= 4 is 23.1 Å². The average Bonchev–Trinajstić information content (AvgIpc) is 2.78. The van der Waals surface area contributed by atoms with Gasteiger partial charge >= 0.3 is 0 Å². The van der Waals surface area contributed by atoms with Gasteiger partial charge in [0.25, 0.3) is 11.8 Å². The molecule has 0 aliphatic carbocycles. The minimum absolute atomic E-state index is 0.00563. The van der Waals surface area contributed by atoms with E-state index in [0.29, 0.717) is 5.56 Å². The maximum atomic E-state index is 13.3. The van der Waals surface area contributed by atoms with Gasteiger partial charge in [0.2, 0.25) is 0 Å². The van der Waals surface area contributed by atoms with Crippen LogP contribution in [0.25, 0.3) is 5.57 Å². The molecule has 104 valence electrons. The SMILES string of the molecule is O=C1C=C(c2ccccc2)C(=O)N1c1ccc(F)c(F)c1. The summed E-state index contributed by atoms with van der Waals surface area (Å²) in [5, 5.41) is 0. The second-order valence-corrected chi connectivity index (χ2v) is 4.50. The van der Waals surface area contributed by atoms with Crippen molar-refractivity contribution in [2.24, 2.45) is 0 Å². The Hall–Kier alpha value is -2.82. The van der Waals surface area contributed by atoms with E-state index in [2.05, 4.69) is 0 Å². The van der Waals surface area contributed by atoms with Gasteiger partial charge in [0.05, 0.1) is 11.3 Å². The summed E-state index contributed by atoms with van der Waals surface area (Å²) in [6, 6.07) is 11.6. The number of hydrogen-bond acceptors (Lipinski definition) is 2. The van der Waals surface area contributed by atoms with E-state index >= 15 is 0 Å². The van der Waals surface area contributed by atoms with Gasteiger partial charge in [0, 0.05) is 12.1 Å². The standard InChI is InChI=1S/C16H9F2NO2/c17-13-7-6-11(8-14(13)18)19-15(20)9-12(16(19)21)10-4-2-1-3-5-10/h1-9H. The Kier molecular flexibility index (Phi) is 3.10. The lowest BCUT2D eigenvalue weighted by molar-refractivity contribution is -0.119. The zero-order chi connectivity index (χ0) is 15.0. The van der Waals surface area contributed by atoms with Crippen molar-refractivity contribution < 1.29 is 18.4 Å². The molecular formula is C16H9F2NO2. The summed E-state index contributed by atoms with van der Waals surface area (Å²) in [6.07, 6.45) is 1.19. The number of halogens is 2. The minimum atomic E-state index is -1.11. The van der Waals surface area contributed by atoms with Gasteiger partial charge < -0.3 is 0 Å². The normalized spacial score (nSPS) is 14.6. The van der Waals surface area contributed by atoms with Crippen LogP contribution < -0.4 is 4.90 Å². The van der Waals surface area contributed by atoms with E-state index in [1.807, 2.05) is 0 Å². The van der Waals surface area contributed by atoms with Crippen molar-refractivity contribution in [1.29, 1.82) is 0 Å². The Balaban J connectivity index is 1.99. The smallest absolute Gasteiger partial charge is 0.266 e. The predicted molar refractivity (Wildman–Crippen MR) is 73.3 cm³/mol. The highest BCUT2D eigenvalue weighted by Gasteiger charge is 2.33. The predicted octanol–water partition coefficient (Wildman–Crippen LogP) is 2.92. The van der Waals surface area contributed by atoms with Crippen LogP contribution in [0.5, 0.6) is 0 Å². The number of rotatable bonds is 2. The fourth-order valence-electron chi connectivity index (χ4n) is 2.16. The van der Waals surface area contributed by atoms with Gasteiger partial charge in [-0.3, -0.25) is 9.59 Å². The molecule has 0 aromatic heterocycles. The van der Waals surface area contributed by atoms with Crippen molar-refractivity contribution in [2.45, 2.75) is 0 Å². The first-order valence-corrected chi connectivity index (χ1v) is 6.18. The summed E-state index contributed by atoms with van der Waals surface area (Å²) in [5.74, 6) is -3.28. The molecule has 0 saturated heterocycles. The third kappa shape index (κ3) is 2.23. The van der Waals surface area contributed by atoms with Gasteiger partial charge in [0.1, 0.15) is 0 Å². The monoisotopic (exact) mass is 285 g/mol. The molecule has 0 spiro atoms. The van der Waals surface area contributed by atoms with Crippen molar-refractivity contribution in [1.82, 2.24) is 0 Å². The molecule has 0 atom stereocenters. The minimum Gasteiger partial charge on any atom is -0.269 e. The fourth-order valence-corrected chi connectivity index (χ4v) is 2.16. The molecule has 0 saturated carbocycles. The maximum Gasteiger partial charge on any atom is 0.266 e. The van der Waals surface area contributed by atoms with Crippen molar-refractivity contribution in [3.63, 3.8) is 0 Å². The Morgan fingerprint density at radius 1 is 0.857 bits per heavy atom. The summed E-state index contributed by atoms with van der Waals surface area (Å²) in [4.78, 5) is 25.1. The van der Waals surface area contributed by atoms with Crippen molar-refractivity contribution in [2.75, 3.05) is 4.90 Å². The summed E-state index contributed by atoms with van der Waals surface area (Å²) in [5.41, 5.74) is 0.831. The van der Waals surface area contributed by atoms with Crippen LogP contribution in [0.15, 0.2) is 54.6 Å². The van der Waals surface area contributed by atoms with Gasteiger partial charge in [0.15, 0.2) is 11.6 Å². The molecule has 0 bridgehead atoms. The molecule has 1 heterocycles. The zero-order valence-electron chi connectivity index (χ0n) is 10.7. The molecule has 2 amide bonds. The fraction of sp³-hybridized carbons (Fsp3) is 0. The van der Waals surface area contributed by atoms with Crippen LogP contribution in [0, 0.1) is 11.6 Å².